The molecule has 1 N–H and O–H groups in total. The van der Waals surface area contributed by atoms with Crippen LogP contribution < -0.4 is 14.8 Å². The van der Waals surface area contributed by atoms with Crippen molar-refractivity contribution < 1.29 is 14.3 Å². The van der Waals surface area contributed by atoms with E-state index in [2.05, 4.69) is 20.3 Å². The van der Waals surface area contributed by atoms with E-state index in [1.807, 2.05) is 48.5 Å². The number of hydrogen-bond donors (Lipinski definition) is 1. The second kappa shape index (κ2) is 12.2. The number of rotatable bonds is 11. The van der Waals surface area contributed by atoms with Gasteiger partial charge in [0.1, 0.15) is 11.1 Å². The second-order valence-corrected chi connectivity index (χ2v) is 8.52. The van der Waals surface area contributed by atoms with Gasteiger partial charge in [-0.15, -0.1) is 0 Å². The molecule has 0 aliphatic rings. The zero-order valence-electron chi connectivity index (χ0n) is 17.4. The first kappa shape index (κ1) is 22.9. The molecular formula is C22H24N4O3S2. The van der Waals surface area contributed by atoms with Crippen molar-refractivity contribution in [3.8, 4) is 11.8 Å². The summed E-state index contributed by atoms with van der Waals surface area (Å²) in [6.45, 7) is 0.538. The third-order valence-corrected chi connectivity index (χ3v) is 6.30. The minimum Gasteiger partial charge on any atom is -0.481 e. The Bertz CT molecular complexity index is 939. The molecule has 1 unspecified atom stereocenters. The first-order valence-corrected chi connectivity index (χ1v) is 11.7. The van der Waals surface area contributed by atoms with Gasteiger partial charge in [-0.25, -0.2) is 4.98 Å². The van der Waals surface area contributed by atoms with Gasteiger partial charge in [-0.05, 0) is 17.7 Å². The first-order valence-electron chi connectivity index (χ1n) is 9.63. The molecule has 9 heteroatoms. The van der Waals surface area contributed by atoms with Gasteiger partial charge in [0.05, 0.1) is 31.1 Å². The van der Waals surface area contributed by atoms with E-state index in [0.29, 0.717) is 29.9 Å². The topological polar surface area (TPSA) is 86.2 Å². The number of benzene rings is 1. The third kappa shape index (κ3) is 7.15. The molecule has 162 valence electrons. The summed E-state index contributed by atoms with van der Waals surface area (Å²) in [5, 5.41) is 3.48. The number of thioether (sulfide) groups is 2. The summed E-state index contributed by atoms with van der Waals surface area (Å²) in [7, 11) is 3.11. The van der Waals surface area contributed by atoms with E-state index in [9.17, 15) is 4.79 Å². The van der Waals surface area contributed by atoms with Crippen LogP contribution in [-0.2, 0) is 10.5 Å². The highest BCUT2D eigenvalue weighted by Crippen LogP contribution is 2.34. The summed E-state index contributed by atoms with van der Waals surface area (Å²) in [4.78, 5) is 25.9. The van der Waals surface area contributed by atoms with Crippen LogP contribution in [0.25, 0.3) is 0 Å². The second-order valence-electron chi connectivity index (χ2n) is 6.29. The van der Waals surface area contributed by atoms with Gasteiger partial charge in [0, 0.05) is 18.5 Å². The lowest BCUT2D eigenvalue weighted by molar-refractivity contribution is -0.120. The van der Waals surface area contributed by atoms with Crippen LogP contribution >= 0.6 is 23.5 Å². The van der Waals surface area contributed by atoms with Crippen molar-refractivity contribution in [3.63, 3.8) is 0 Å². The molecule has 0 radical (unpaired) electrons. The fourth-order valence-electron chi connectivity index (χ4n) is 2.66. The predicted molar refractivity (Wildman–Crippen MR) is 124 cm³/mol. The molecule has 0 bridgehead atoms. The number of nitrogens with one attached hydrogen (secondary N) is 1. The van der Waals surface area contributed by atoms with Crippen molar-refractivity contribution in [2.45, 2.75) is 16.0 Å². The van der Waals surface area contributed by atoms with Crippen molar-refractivity contribution in [2.75, 3.05) is 26.5 Å². The lowest BCUT2D eigenvalue weighted by Crippen LogP contribution is -2.30. The summed E-state index contributed by atoms with van der Waals surface area (Å²) in [5.41, 5.74) is 0.945. The van der Waals surface area contributed by atoms with E-state index in [1.165, 1.54) is 11.8 Å². The van der Waals surface area contributed by atoms with Crippen LogP contribution in [0.1, 0.15) is 16.6 Å². The van der Waals surface area contributed by atoms with Gasteiger partial charge >= 0.3 is 0 Å². The number of pyridine rings is 1. The molecule has 7 nitrogen and oxygen atoms in total. The molecular weight excluding hydrogens is 432 g/mol. The normalized spacial score (nSPS) is 11.5. The number of methoxy groups -OCH3 is 2. The Labute approximate surface area is 190 Å². The summed E-state index contributed by atoms with van der Waals surface area (Å²) < 4.78 is 10.3. The number of aromatic nitrogens is 3. The number of amides is 1. The van der Waals surface area contributed by atoms with Gasteiger partial charge in [0.25, 0.3) is 0 Å². The zero-order valence-corrected chi connectivity index (χ0v) is 19.0. The van der Waals surface area contributed by atoms with Crippen molar-refractivity contribution in [3.05, 3.63) is 72.2 Å². The van der Waals surface area contributed by atoms with E-state index in [0.717, 1.165) is 16.3 Å². The lowest BCUT2D eigenvalue weighted by atomic mass is 10.1. The molecule has 0 aliphatic heterocycles. The maximum atomic E-state index is 12.9. The Morgan fingerprint density at radius 1 is 1.03 bits per heavy atom. The molecule has 0 fully saturated rings. The smallest absolute Gasteiger partial charge is 0.238 e. The molecule has 2 heterocycles. The van der Waals surface area contributed by atoms with Crippen LogP contribution in [0.2, 0.25) is 0 Å². The Morgan fingerprint density at radius 2 is 1.74 bits per heavy atom. The van der Waals surface area contributed by atoms with E-state index >= 15 is 0 Å². The number of ether oxygens (including phenoxy) is 2. The van der Waals surface area contributed by atoms with Gasteiger partial charge < -0.3 is 14.8 Å². The number of carbonyl (C=O) groups excluding carboxylic acids is 1. The SMILES string of the molecule is COc1cc(OC)nc(CSCCNC(=O)C(Sc2ccccn2)c2ccccc2)n1. The van der Waals surface area contributed by atoms with Crippen molar-refractivity contribution in [2.24, 2.45) is 0 Å². The molecule has 1 atom stereocenters. The van der Waals surface area contributed by atoms with Gasteiger partial charge in [-0.1, -0.05) is 48.2 Å². The van der Waals surface area contributed by atoms with E-state index in [-0.39, 0.29) is 11.2 Å². The number of carbonyl (C=O) groups is 1. The molecule has 1 aromatic carbocycles. The highest BCUT2D eigenvalue weighted by atomic mass is 32.2. The average Bonchev–Trinajstić information content (AvgIpc) is 2.83. The summed E-state index contributed by atoms with van der Waals surface area (Å²) in [5.74, 6) is 2.83. The van der Waals surface area contributed by atoms with E-state index in [1.54, 1.807) is 38.2 Å². The lowest BCUT2D eigenvalue weighted by Gasteiger charge is -2.16. The average molecular weight is 457 g/mol. The van der Waals surface area contributed by atoms with Gasteiger partial charge in [0.2, 0.25) is 17.7 Å². The maximum absolute atomic E-state index is 12.9. The van der Waals surface area contributed by atoms with Crippen LogP contribution in [0.5, 0.6) is 11.8 Å². The number of nitrogens with zero attached hydrogens (tertiary/aromatic N) is 3. The molecule has 0 saturated heterocycles. The van der Waals surface area contributed by atoms with Crippen molar-refractivity contribution in [1.29, 1.82) is 0 Å². The first-order chi connectivity index (χ1) is 15.2. The van der Waals surface area contributed by atoms with E-state index in [4.69, 9.17) is 9.47 Å². The summed E-state index contributed by atoms with van der Waals surface area (Å²) in [6, 6.07) is 17.1. The Balaban J connectivity index is 1.53. The fourth-order valence-corrected chi connectivity index (χ4v) is 4.37. The number of hydrogen-bond acceptors (Lipinski definition) is 8. The van der Waals surface area contributed by atoms with Crippen molar-refractivity contribution >= 4 is 29.4 Å². The van der Waals surface area contributed by atoms with Crippen LogP contribution in [0.3, 0.4) is 0 Å². The highest BCUT2D eigenvalue weighted by molar-refractivity contribution is 8.00. The van der Waals surface area contributed by atoms with Crippen LogP contribution in [0, 0.1) is 0 Å². The molecule has 0 spiro atoms. The minimum absolute atomic E-state index is 0.0400. The standard InChI is InChI=1S/C22H24N4O3S2/c1-28-18-14-19(29-2)26-17(25-18)15-30-13-12-24-22(27)21(16-8-4-3-5-9-16)31-20-10-6-7-11-23-20/h3-11,14,21H,12-13,15H2,1-2H3,(H,24,27). The van der Waals surface area contributed by atoms with Crippen molar-refractivity contribution in [1.82, 2.24) is 20.3 Å². The Morgan fingerprint density at radius 3 is 2.39 bits per heavy atom. The minimum atomic E-state index is -0.368. The maximum Gasteiger partial charge on any atom is 0.238 e. The Kier molecular flexibility index (Phi) is 8.99. The van der Waals surface area contributed by atoms with Crippen LogP contribution in [0.4, 0.5) is 0 Å². The zero-order chi connectivity index (χ0) is 21.9. The molecule has 2 aromatic heterocycles. The molecule has 1 amide bonds. The largest absolute Gasteiger partial charge is 0.481 e. The van der Waals surface area contributed by atoms with Gasteiger partial charge in [0.15, 0.2) is 0 Å². The van der Waals surface area contributed by atoms with Gasteiger partial charge in [-0.2, -0.15) is 21.7 Å². The van der Waals surface area contributed by atoms with Crippen LogP contribution in [-0.4, -0.2) is 47.4 Å². The third-order valence-electron chi connectivity index (χ3n) is 4.14. The van der Waals surface area contributed by atoms with Crippen LogP contribution in [0.15, 0.2) is 65.8 Å². The van der Waals surface area contributed by atoms with E-state index < -0.39 is 0 Å². The summed E-state index contributed by atoms with van der Waals surface area (Å²) in [6.07, 6.45) is 1.73. The monoisotopic (exact) mass is 456 g/mol. The predicted octanol–water partition coefficient (Wildman–Crippen LogP) is 3.77. The molecule has 3 rings (SSSR count). The molecule has 0 aliphatic carbocycles. The highest BCUT2D eigenvalue weighted by Gasteiger charge is 2.22. The fraction of sp³-hybridized carbons (Fsp3) is 0.273. The summed E-state index contributed by atoms with van der Waals surface area (Å²) >= 11 is 3.07. The van der Waals surface area contributed by atoms with Gasteiger partial charge in [-0.3, -0.25) is 4.79 Å². The Hall–Kier alpha value is -2.78. The molecule has 3 aromatic rings. The molecule has 0 saturated carbocycles. The molecule has 31 heavy (non-hydrogen) atoms. The quantitative estimate of drug-likeness (QED) is 0.345.